The molecule has 2 aromatic rings. The number of esters is 1. The van der Waals surface area contributed by atoms with Crippen LogP contribution >= 0.6 is 23.2 Å². The number of ether oxygens (including phenoxy) is 1. The fourth-order valence-electron chi connectivity index (χ4n) is 4.75. The zero-order chi connectivity index (χ0) is 26.9. The number of ketones is 1. The van der Waals surface area contributed by atoms with Crippen LogP contribution in [-0.2, 0) is 9.53 Å². The van der Waals surface area contributed by atoms with Crippen LogP contribution in [-0.4, -0.2) is 72.0 Å². The van der Waals surface area contributed by atoms with Crippen LogP contribution in [0.3, 0.4) is 0 Å². The number of benzene rings is 2. The number of carbonyl (C=O) groups is 3. The maximum absolute atomic E-state index is 13.2. The van der Waals surface area contributed by atoms with Gasteiger partial charge in [-0.25, -0.2) is 9.18 Å². The van der Waals surface area contributed by atoms with Gasteiger partial charge in [0.15, 0.2) is 5.78 Å². The van der Waals surface area contributed by atoms with Gasteiger partial charge in [0.05, 0.1) is 22.6 Å². The second kappa shape index (κ2) is 11.0. The first-order chi connectivity index (χ1) is 17.4. The molecule has 0 bridgehead atoms. The number of amides is 1. The Balaban J connectivity index is 1.47. The summed E-state index contributed by atoms with van der Waals surface area (Å²) in [5.74, 6) is -3.74. The summed E-state index contributed by atoms with van der Waals surface area (Å²) in [7, 11) is 0. The van der Waals surface area contributed by atoms with Gasteiger partial charge < -0.3 is 9.64 Å². The molecule has 0 N–H and O–H groups in total. The molecule has 2 aliphatic rings. The smallest absolute Gasteiger partial charge is 0.452 e. The van der Waals surface area contributed by atoms with Gasteiger partial charge in [0.25, 0.3) is 5.91 Å². The first-order valence-electron chi connectivity index (χ1n) is 11.5. The Morgan fingerprint density at radius 1 is 0.892 bits per heavy atom. The highest BCUT2D eigenvalue weighted by Crippen LogP contribution is 2.30. The Morgan fingerprint density at radius 3 is 2.11 bits per heavy atom. The minimum atomic E-state index is -5.18. The van der Waals surface area contributed by atoms with Crippen molar-refractivity contribution in [3.05, 3.63) is 69.5 Å². The number of Topliss-reactive ketones (excluding diaryl/α,β-unsaturated/α-hetero) is 1. The molecule has 2 fully saturated rings. The summed E-state index contributed by atoms with van der Waals surface area (Å²) >= 11 is 11.9. The Morgan fingerprint density at radius 2 is 1.51 bits per heavy atom. The highest BCUT2D eigenvalue weighted by molar-refractivity contribution is 6.42. The Kier molecular flexibility index (Phi) is 8.11. The minimum absolute atomic E-state index is 0.0193. The molecule has 37 heavy (non-hydrogen) atoms. The van der Waals surface area contributed by atoms with Gasteiger partial charge in [-0.1, -0.05) is 23.2 Å². The number of alkyl halides is 3. The van der Waals surface area contributed by atoms with Crippen LogP contribution in [0, 0.1) is 11.7 Å². The number of carbonyl (C=O) groups excluding carboxylic acids is 3. The lowest BCUT2D eigenvalue weighted by Crippen LogP contribution is -2.50. The van der Waals surface area contributed by atoms with Crippen LogP contribution in [0.15, 0.2) is 42.5 Å². The van der Waals surface area contributed by atoms with Crippen molar-refractivity contribution < 1.29 is 36.7 Å². The maximum Gasteiger partial charge on any atom is 0.490 e. The van der Waals surface area contributed by atoms with Crippen LogP contribution in [0.5, 0.6) is 0 Å². The van der Waals surface area contributed by atoms with Crippen LogP contribution in [0.2, 0.25) is 10.0 Å². The maximum atomic E-state index is 13.2. The summed E-state index contributed by atoms with van der Waals surface area (Å²) in [4.78, 5) is 40.6. The van der Waals surface area contributed by atoms with E-state index in [0.717, 1.165) is 0 Å². The van der Waals surface area contributed by atoms with E-state index < -0.39 is 36.0 Å². The predicted molar refractivity (Wildman–Crippen MR) is 127 cm³/mol. The van der Waals surface area contributed by atoms with E-state index in [1.165, 1.54) is 47.4 Å². The molecule has 4 rings (SSSR count). The molecule has 0 aromatic heterocycles. The first kappa shape index (κ1) is 27.3. The third-order valence-electron chi connectivity index (χ3n) is 6.68. The van der Waals surface area contributed by atoms with E-state index in [-0.39, 0.29) is 40.4 Å². The molecular formula is C25H22Cl2F4N2O4. The summed E-state index contributed by atoms with van der Waals surface area (Å²) in [5.41, 5.74) is 0.579. The lowest BCUT2D eigenvalue weighted by Gasteiger charge is -2.37. The normalized spacial score (nSPS) is 21.2. The summed E-state index contributed by atoms with van der Waals surface area (Å²) < 4.78 is 56.8. The van der Waals surface area contributed by atoms with Crippen molar-refractivity contribution in [2.75, 3.05) is 26.2 Å². The molecule has 2 aliphatic heterocycles. The molecule has 6 nitrogen and oxygen atoms in total. The average molecular weight is 561 g/mol. The van der Waals surface area contributed by atoms with E-state index in [1.807, 2.05) is 4.90 Å². The highest BCUT2D eigenvalue weighted by atomic mass is 35.5. The molecule has 2 aromatic carbocycles. The van der Waals surface area contributed by atoms with Gasteiger partial charge in [-0.15, -0.1) is 0 Å². The fraction of sp³-hybridized carbons (Fsp3) is 0.400. The molecule has 198 valence electrons. The molecule has 2 atom stereocenters. The summed E-state index contributed by atoms with van der Waals surface area (Å²) in [5, 5.41) is 0.392. The van der Waals surface area contributed by atoms with E-state index in [4.69, 9.17) is 27.9 Å². The highest BCUT2D eigenvalue weighted by Gasteiger charge is 2.48. The Hall–Kier alpha value is -2.69. The van der Waals surface area contributed by atoms with E-state index in [0.29, 0.717) is 31.5 Å². The lowest BCUT2D eigenvalue weighted by atomic mass is 9.88. The standard InChI is InChI=1S/C25H22Cl2F4N2O4/c26-18-6-3-16(11-19(18)27)23(35)33-12-20(21(13-33)37-24(36)25(29,30)31)32-9-7-15(8-10-32)22(34)14-1-4-17(28)5-2-14/h1-6,11,15,20-21H,7-10,12-13H2/t20-,21-/m0/s1. The van der Waals surface area contributed by atoms with Gasteiger partial charge in [-0.3, -0.25) is 14.5 Å². The van der Waals surface area contributed by atoms with Gasteiger partial charge in [0.2, 0.25) is 0 Å². The zero-order valence-corrected chi connectivity index (χ0v) is 20.8. The average Bonchev–Trinajstić information content (AvgIpc) is 3.28. The topological polar surface area (TPSA) is 66.9 Å². The van der Waals surface area contributed by atoms with E-state index >= 15 is 0 Å². The van der Waals surface area contributed by atoms with Crippen LogP contribution in [0.25, 0.3) is 0 Å². The van der Waals surface area contributed by atoms with Gasteiger partial charge in [-0.2, -0.15) is 13.2 Å². The molecular weight excluding hydrogens is 539 g/mol. The molecule has 2 heterocycles. The van der Waals surface area contributed by atoms with Gasteiger partial charge in [-0.05, 0) is 68.4 Å². The van der Waals surface area contributed by atoms with Crippen molar-refractivity contribution in [1.29, 1.82) is 0 Å². The Labute approximate surface area is 220 Å². The van der Waals surface area contributed by atoms with Gasteiger partial charge >= 0.3 is 12.1 Å². The summed E-state index contributed by atoms with van der Waals surface area (Å²) in [6.45, 7) is 0.472. The largest absolute Gasteiger partial charge is 0.490 e. The van der Waals surface area contributed by atoms with Crippen molar-refractivity contribution in [2.24, 2.45) is 5.92 Å². The van der Waals surface area contributed by atoms with E-state index in [9.17, 15) is 31.9 Å². The molecule has 2 saturated heterocycles. The molecule has 0 radical (unpaired) electrons. The zero-order valence-electron chi connectivity index (χ0n) is 19.3. The minimum Gasteiger partial charge on any atom is -0.452 e. The quantitative estimate of drug-likeness (QED) is 0.291. The number of hydrogen-bond acceptors (Lipinski definition) is 5. The molecule has 0 unspecified atom stereocenters. The molecule has 0 spiro atoms. The molecule has 0 saturated carbocycles. The number of nitrogens with zero attached hydrogens (tertiary/aromatic N) is 2. The number of likely N-dealkylation sites (tertiary alicyclic amines) is 2. The Bertz CT molecular complexity index is 1180. The second-order valence-electron chi connectivity index (χ2n) is 9.03. The van der Waals surface area contributed by atoms with Crippen molar-refractivity contribution in [2.45, 2.75) is 31.2 Å². The fourth-order valence-corrected chi connectivity index (χ4v) is 5.05. The van der Waals surface area contributed by atoms with E-state index in [2.05, 4.69) is 0 Å². The lowest BCUT2D eigenvalue weighted by molar-refractivity contribution is -0.206. The predicted octanol–water partition coefficient (Wildman–Crippen LogP) is 5.03. The van der Waals surface area contributed by atoms with Gasteiger partial charge in [0.1, 0.15) is 11.9 Å². The summed E-state index contributed by atoms with van der Waals surface area (Å²) in [6.07, 6.45) is -5.58. The summed E-state index contributed by atoms with van der Waals surface area (Å²) in [6, 6.07) is 8.81. The van der Waals surface area contributed by atoms with E-state index in [1.54, 1.807) is 0 Å². The van der Waals surface area contributed by atoms with Crippen molar-refractivity contribution in [1.82, 2.24) is 9.80 Å². The van der Waals surface area contributed by atoms with Crippen molar-refractivity contribution in [3.63, 3.8) is 0 Å². The van der Waals surface area contributed by atoms with Crippen LogP contribution < -0.4 is 0 Å². The van der Waals surface area contributed by atoms with Crippen LogP contribution in [0.1, 0.15) is 33.6 Å². The number of hydrogen-bond donors (Lipinski definition) is 0. The number of halogens is 6. The second-order valence-corrected chi connectivity index (χ2v) is 9.84. The SMILES string of the molecule is O=C(c1ccc(F)cc1)C1CCN([C@H]2CN(C(=O)c3ccc(Cl)c(Cl)c3)C[C@@H]2OC(=O)C(F)(F)F)CC1. The van der Waals surface area contributed by atoms with Gasteiger partial charge in [0, 0.05) is 23.6 Å². The first-order valence-corrected chi connectivity index (χ1v) is 12.3. The monoisotopic (exact) mass is 560 g/mol. The van der Waals surface area contributed by atoms with Crippen molar-refractivity contribution >= 4 is 40.9 Å². The van der Waals surface area contributed by atoms with Crippen LogP contribution in [0.4, 0.5) is 17.6 Å². The van der Waals surface area contributed by atoms with Crippen molar-refractivity contribution in [3.8, 4) is 0 Å². The third-order valence-corrected chi connectivity index (χ3v) is 7.42. The molecule has 0 aliphatic carbocycles. The number of rotatable bonds is 5. The molecule has 12 heteroatoms. The molecule has 1 amide bonds. The number of piperidine rings is 1. The third kappa shape index (κ3) is 6.25.